The van der Waals surface area contributed by atoms with Gasteiger partial charge in [0.15, 0.2) is 0 Å². The van der Waals surface area contributed by atoms with Gasteiger partial charge >= 0.3 is 0 Å². The number of nitrogens with zero attached hydrogens (tertiary/aromatic N) is 3. The molecule has 0 aliphatic carbocycles. The van der Waals surface area contributed by atoms with Gasteiger partial charge in [0.1, 0.15) is 4.47 Å². The maximum Gasteiger partial charge on any atom is 0.284 e. The molecule has 2 amide bonds. The second-order valence-corrected chi connectivity index (χ2v) is 6.60. The molecule has 0 spiro atoms. The standard InChI is InChI=1S/C16H12BrN3O6/c1-2-3-4-18-15(21)10-6-8(19(23)24)5-9-13(10)11(16(18)22)7-12(14(9)17)20(25)26/h5-7H,2-4H2,1H3. The van der Waals surface area contributed by atoms with Gasteiger partial charge in [-0.1, -0.05) is 13.3 Å². The third kappa shape index (κ3) is 2.62. The van der Waals surface area contributed by atoms with Gasteiger partial charge in [-0.2, -0.15) is 0 Å². The van der Waals surface area contributed by atoms with Crippen LogP contribution in [0.25, 0.3) is 10.8 Å². The third-order valence-corrected chi connectivity index (χ3v) is 5.06. The van der Waals surface area contributed by atoms with Gasteiger partial charge < -0.3 is 0 Å². The van der Waals surface area contributed by atoms with Crippen LogP contribution in [0.15, 0.2) is 22.7 Å². The van der Waals surface area contributed by atoms with Gasteiger partial charge in [-0.15, -0.1) is 0 Å². The Morgan fingerprint density at radius 3 is 2.19 bits per heavy atom. The van der Waals surface area contributed by atoms with E-state index in [1.54, 1.807) is 0 Å². The first-order chi connectivity index (χ1) is 12.3. The van der Waals surface area contributed by atoms with Crippen LogP contribution in [0.1, 0.15) is 40.5 Å². The molecule has 9 nitrogen and oxygen atoms in total. The quantitative estimate of drug-likeness (QED) is 0.410. The summed E-state index contributed by atoms with van der Waals surface area (Å²) in [7, 11) is 0. The number of carbonyl (C=O) groups excluding carboxylic acids is 2. The van der Waals surface area contributed by atoms with Crippen molar-refractivity contribution >= 4 is 49.9 Å². The van der Waals surface area contributed by atoms with E-state index in [1.807, 2.05) is 6.92 Å². The van der Waals surface area contributed by atoms with Crippen LogP contribution in [0.2, 0.25) is 0 Å². The zero-order valence-electron chi connectivity index (χ0n) is 13.5. The van der Waals surface area contributed by atoms with Crippen molar-refractivity contribution in [2.75, 3.05) is 6.54 Å². The molecule has 10 heteroatoms. The molecule has 0 saturated carbocycles. The predicted octanol–water partition coefficient (Wildman–Crippen LogP) is 3.81. The molecule has 2 aromatic rings. The van der Waals surface area contributed by atoms with Gasteiger partial charge in [-0.25, -0.2) is 0 Å². The highest BCUT2D eigenvalue weighted by Crippen LogP contribution is 2.41. The van der Waals surface area contributed by atoms with Crippen molar-refractivity contribution in [2.45, 2.75) is 19.8 Å². The Bertz CT molecular complexity index is 981. The summed E-state index contributed by atoms with van der Waals surface area (Å²) in [6.07, 6.45) is 1.29. The van der Waals surface area contributed by atoms with Crippen molar-refractivity contribution in [1.29, 1.82) is 0 Å². The predicted molar refractivity (Wildman–Crippen MR) is 95.2 cm³/mol. The molecule has 0 N–H and O–H groups in total. The molecule has 3 rings (SSSR count). The second-order valence-electron chi connectivity index (χ2n) is 5.80. The van der Waals surface area contributed by atoms with Gasteiger partial charge in [0.25, 0.3) is 23.2 Å². The highest BCUT2D eigenvalue weighted by atomic mass is 79.9. The fourth-order valence-electron chi connectivity index (χ4n) is 2.98. The summed E-state index contributed by atoms with van der Waals surface area (Å²) in [5.41, 5.74) is -0.777. The van der Waals surface area contributed by atoms with Crippen molar-refractivity contribution in [2.24, 2.45) is 0 Å². The Morgan fingerprint density at radius 2 is 1.65 bits per heavy atom. The minimum Gasteiger partial charge on any atom is -0.274 e. The van der Waals surface area contributed by atoms with Gasteiger partial charge in [0.05, 0.1) is 21.0 Å². The first-order valence-electron chi connectivity index (χ1n) is 7.73. The van der Waals surface area contributed by atoms with E-state index >= 15 is 0 Å². The zero-order chi connectivity index (χ0) is 19.2. The minimum atomic E-state index is -0.682. The van der Waals surface area contributed by atoms with Crippen LogP contribution in [0.3, 0.4) is 0 Å². The average Bonchev–Trinajstić information content (AvgIpc) is 2.60. The van der Waals surface area contributed by atoms with Crippen molar-refractivity contribution in [3.63, 3.8) is 0 Å². The van der Waals surface area contributed by atoms with E-state index < -0.39 is 27.3 Å². The Morgan fingerprint density at radius 1 is 1.04 bits per heavy atom. The monoisotopic (exact) mass is 421 g/mol. The second kappa shape index (κ2) is 6.45. The number of unbranched alkanes of at least 4 members (excludes halogenated alkanes) is 1. The zero-order valence-corrected chi connectivity index (χ0v) is 15.1. The van der Waals surface area contributed by atoms with Crippen LogP contribution < -0.4 is 0 Å². The highest BCUT2D eigenvalue weighted by Gasteiger charge is 2.36. The Labute approximate surface area is 155 Å². The summed E-state index contributed by atoms with van der Waals surface area (Å²) >= 11 is 3.08. The van der Waals surface area contributed by atoms with E-state index in [0.717, 1.165) is 29.5 Å². The fourth-order valence-corrected chi connectivity index (χ4v) is 3.55. The molecule has 1 aliphatic rings. The molecule has 26 heavy (non-hydrogen) atoms. The summed E-state index contributed by atoms with van der Waals surface area (Å²) in [6.45, 7) is 2.03. The van der Waals surface area contributed by atoms with Crippen molar-refractivity contribution < 1.29 is 19.4 Å². The number of nitro groups is 2. The molecular formula is C16H12BrN3O6. The van der Waals surface area contributed by atoms with Gasteiger partial charge in [-0.05, 0) is 22.4 Å². The van der Waals surface area contributed by atoms with Gasteiger partial charge in [-0.3, -0.25) is 34.7 Å². The fraction of sp³-hybridized carbons (Fsp3) is 0.250. The summed E-state index contributed by atoms with van der Waals surface area (Å²) in [5, 5.41) is 22.8. The Kier molecular flexibility index (Phi) is 4.45. The minimum absolute atomic E-state index is 0.00417. The lowest BCUT2D eigenvalue weighted by Gasteiger charge is -2.27. The Balaban J connectivity index is 2.40. The first-order valence-corrected chi connectivity index (χ1v) is 8.52. The molecule has 2 aromatic carbocycles. The molecular weight excluding hydrogens is 410 g/mol. The van der Waals surface area contributed by atoms with Crippen LogP contribution in [-0.4, -0.2) is 33.1 Å². The van der Waals surface area contributed by atoms with E-state index in [4.69, 9.17) is 0 Å². The summed E-state index contributed by atoms with van der Waals surface area (Å²) in [5.74, 6) is -1.27. The van der Waals surface area contributed by atoms with Crippen LogP contribution in [0.4, 0.5) is 11.4 Å². The summed E-state index contributed by atoms with van der Waals surface area (Å²) in [6, 6.07) is 3.34. The molecule has 1 aliphatic heterocycles. The third-order valence-electron chi connectivity index (χ3n) is 4.23. The Hall–Kier alpha value is -2.88. The van der Waals surface area contributed by atoms with Crippen molar-refractivity contribution in [1.82, 2.24) is 4.90 Å². The van der Waals surface area contributed by atoms with E-state index in [0.29, 0.717) is 6.42 Å². The van der Waals surface area contributed by atoms with E-state index in [9.17, 15) is 29.8 Å². The molecule has 1 heterocycles. The van der Waals surface area contributed by atoms with Gasteiger partial charge in [0.2, 0.25) is 0 Å². The number of halogens is 1. The lowest BCUT2D eigenvalue weighted by Crippen LogP contribution is -2.41. The number of benzene rings is 2. The molecule has 0 bridgehead atoms. The molecule has 0 aromatic heterocycles. The maximum absolute atomic E-state index is 12.8. The van der Waals surface area contributed by atoms with Crippen LogP contribution in [0, 0.1) is 20.2 Å². The molecule has 0 radical (unpaired) electrons. The number of non-ortho nitro benzene ring substituents is 1. The molecule has 0 unspecified atom stereocenters. The van der Waals surface area contributed by atoms with E-state index in [2.05, 4.69) is 15.9 Å². The maximum atomic E-state index is 12.8. The van der Waals surface area contributed by atoms with Crippen LogP contribution in [0.5, 0.6) is 0 Å². The number of hydrogen-bond acceptors (Lipinski definition) is 6. The first kappa shape index (κ1) is 17.9. The van der Waals surface area contributed by atoms with Crippen LogP contribution in [-0.2, 0) is 0 Å². The largest absolute Gasteiger partial charge is 0.284 e. The summed E-state index contributed by atoms with van der Waals surface area (Å²) < 4.78 is -0.00573. The van der Waals surface area contributed by atoms with Crippen LogP contribution >= 0.6 is 15.9 Å². The number of imide groups is 1. The highest BCUT2D eigenvalue weighted by molar-refractivity contribution is 9.10. The number of rotatable bonds is 5. The average molecular weight is 422 g/mol. The number of nitro benzene ring substituents is 2. The summed E-state index contributed by atoms with van der Waals surface area (Å²) in [4.78, 5) is 47.7. The van der Waals surface area contributed by atoms with Gasteiger partial charge in [0, 0.05) is 35.5 Å². The number of hydrogen-bond donors (Lipinski definition) is 0. The van der Waals surface area contributed by atoms with E-state index in [1.165, 1.54) is 0 Å². The lowest BCUT2D eigenvalue weighted by molar-refractivity contribution is -0.385. The van der Waals surface area contributed by atoms with E-state index in [-0.39, 0.29) is 38.6 Å². The smallest absolute Gasteiger partial charge is 0.274 e. The van der Waals surface area contributed by atoms with Crippen molar-refractivity contribution in [3.05, 3.63) is 54.0 Å². The molecule has 0 fully saturated rings. The number of amides is 2. The SMILES string of the molecule is CCCCN1C(=O)c2cc([N+](=O)[O-])cc3c(Br)c([N+](=O)[O-])cc(c23)C1=O. The number of carbonyl (C=O) groups is 2. The topological polar surface area (TPSA) is 124 Å². The molecule has 0 atom stereocenters. The molecule has 0 saturated heterocycles. The normalized spacial score (nSPS) is 13.4. The lowest BCUT2D eigenvalue weighted by atomic mass is 9.92. The molecule has 134 valence electrons. The van der Waals surface area contributed by atoms with Crippen molar-refractivity contribution in [3.8, 4) is 0 Å².